The van der Waals surface area contributed by atoms with Crippen LogP contribution in [0.2, 0.25) is 0 Å². The van der Waals surface area contributed by atoms with Crippen LogP contribution in [0.3, 0.4) is 0 Å². The van der Waals surface area contributed by atoms with Crippen molar-refractivity contribution in [3.8, 4) is 0 Å². The summed E-state index contributed by atoms with van der Waals surface area (Å²) < 4.78 is 0. The van der Waals surface area contributed by atoms with Gasteiger partial charge in [0.05, 0.1) is 0 Å². The van der Waals surface area contributed by atoms with Gasteiger partial charge in [0.25, 0.3) is 0 Å². The third kappa shape index (κ3) is 6.53. The fourth-order valence-electron chi connectivity index (χ4n) is 2.42. The van der Waals surface area contributed by atoms with Crippen LogP contribution in [0.15, 0.2) is 30.3 Å². The minimum absolute atomic E-state index is 0.381. The molecule has 2 N–H and O–H groups in total. The van der Waals surface area contributed by atoms with E-state index >= 15 is 0 Å². The summed E-state index contributed by atoms with van der Waals surface area (Å²) in [6.07, 6.45) is 4.25. The minimum Gasteiger partial charge on any atom is -0.330 e. The zero-order valence-corrected chi connectivity index (χ0v) is 12.3. The molecule has 0 fully saturated rings. The standard InChI is InChI=1S/C17H27NO/c1-14(2)16(12-13-18)9-11-17(19)10-8-15-6-4-3-5-7-15/h3-7,14,16H,8-13,18H2,1-2H3. The van der Waals surface area contributed by atoms with E-state index in [4.69, 9.17) is 5.73 Å². The molecule has 0 aliphatic rings. The normalized spacial score (nSPS) is 12.6. The third-order valence-corrected chi connectivity index (χ3v) is 3.81. The van der Waals surface area contributed by atoms with Gasteiger partial charge in [-0.15, -0.1) is 0 Å². The lowest BCUT2D eigenvalue weighted by Gasteiger charge is -2.19. The predicted molar refractivity (Wildman–Crippen MR) is 81.0 cm³/mol. The quantitative estimate of drug-likeness (QED) is 0.738. The molecule has 2 nitrogen and oxygen atoms in total. The van der Waals surface area contributed by atoms with Crippen molar-refractivity contribution in [3.05, 3.63) is 35.9 Å². The number of ketones is 1. The van der Waals surface area contributed by atoms with Gasteiger partial charge in [-0.3, -0.25) is 4.79 Å². The Bertz CT molecular complexity index is 359. The van der Waals surface area contributed by atoms with E-state index < -0.39 is 0 Å². The Kier molecular flexibility index (Phi) is 7.42. The van der Waals surface area contributed by atoms with Crippen molar-refractivity contribution in [3.63, 3.8) is 0 Å². The Labute approximate surface area is 117 Å². The lowest BCUT2D eigenvalue weighted by molar-refractivity contribution is -0.119. The Morgan fingerprint density at radius 1 is 1.11 bits per heavy atom. The molecule has 0 aliphatic heterocycles. The lowest BCUT2D eigenvalue weighted by atomic mass is 9.87. The highest BCUT2D eigenvalue weighted by Gasteiger charge is 2.14. The number of carbonyl (C=O) groups excluding carboxylic acids is 1. The van der Waals surface area contributed by atoms with E-state index in [1.165, 1.54) is 5.56 Å². The molecule has 1 rings (SSSR count). The maximum atomic E-state index is 11.9. The first-order chi connectivity index (χ1) is 9.13. The molecule has 106 valence electrons. The van der Waals surface area contributed by atoms with Gasteiger partial charge in [0.2, 0.25) is 0 Å². The molecular weight excluding hydrogens is 234 g/mol. The second kappa shape index (κ2) is 8.87. The summed E-state index contributed by atoms with van der Waals surface area (Å²) in [6, 6.07) is 10.2. The Morgan fingerprint density at radius 3 is 2.37 bits per heavy atom. The summed E-state index contributed by atoms with van der Waals surface area (Å²) in [5, 5.41) is 0. The molecule has 1 aromatic carbocycles. The van der Waals surface area contributed by atoms with Gasteiger partial charge in [-0.25, -0.2) is 0 Å². The zero-order valence-electron chi connectivity index (χ0n) is 12.3. The average molecular weight is 261 g/mol. The van der Waals surface area contributed by atoms with Crippen molar-refractivity contribution in [2.24, 2.45) is 17.6 Å². The lowest BCUT2D eigenvalue weighted by Crippen LogP contribution is -2.16. The molecule has 1 aromatic rings. The molecule has 19 heavy (non-hydrogen) atoms. The summed E-state index contributed by atoms with van der Waals surface area (Å²) in [5.41, 5.74) is 6.87. The molecular formula is C17H27NO. The molecule has 1 unspecified atom stereocenters. The zero-order chi connectivity index (χ0) is 14.1. The van der Waals surface area contributed by atoms with Gasteiger partial charge >= 0.3 is 0 Å². The smallest absolute Gasteiger partial charge is 0.133 e. The number of aryl methyl sites for hydroxylation is 1. The van der Waals surface area contributed by atoms with Crippen LogP contribution in [0.4, 0.5) is 0 Å². The van der Waals surface area contributed by atoms with E-state index in [0.717, 1.165) is 25.8 Å². The van der Waals surface area contributed by atoms with Crippen molar-refractivity contribution < 1.29 is 4.79 Å². The first kappa shape index (κ1) is 15.9. The summed E-state index contributed by atoms with van der Waals surface area (Å²) in [5.74, 6) is 1.59. The SMILES string of the molecule is CC(C)C(CCN)CCC(=O)CCc1ccccc1. The summed E-state index contributed by atoms with van der Waals surface area (Å²) in [4.78, 5) is 11.9. The number of Topliss-reactive ketones (excluding diaryl/α,β-unsaturated/α-hetero) is 1. The molecule has 0 amide bonds. The minimum atomic E-state index is 0.381. The fourth-order valence-corrected chi connectivity index (χ4v) is 2.42. The summed E-state index contributed by atoms with van der Waals surface area (Å²) >= 11 is 0. The third-order valence-electron chi connectivity index (χ3n) is 3.81. The molecule has 0 aliphatic carbocycles. The summed E-state index contributed by atoms with van der Waals surface area (Å²) in [7, 11) is 0. The maximum Gasteiger partial charge on any atom is 0.133 e. The summed E-state index contributed by atoms with van der Waals surface area (Å²) in [6.45, 7) is 5.16. The highest BCUT2D eigenvalue weighted by Crippen LogP contribution is 2.21. The largest absolute Gasteiger partial charge is 0.330 e. The van der Waals surface area contributed by atoms with Crippen molar-refractivity contribution >= 4 is 5.78 Å². The van der Waals surface area contributed by atoms with E-state index in [1.807, 2.05) is 18.2 Å². The first-order valence-corrected chi connectivity index (χ1v) is 7.39. The molecule has 0 aromatic heterocycles. The van der Waals surface area contributed by atoms with Crippen molar-refractivity contribution in [2.45, 2.75) is 46.0 Å². The first-order valence-electron chi connectivity index (χ1n) is 7.39. The number of benzene rings is 1. The van der Waals surface area contributed by atoms with E-state index in [1.54, 1.807) is 0 Å². The van der Waals surface area contributed by atoms with Crippen LogP contribution in [-0.4, -0.2) is 12.3 Å². The maximum absolute atomic E-state index is 11.9. The van der Waals surface area contributed by atoms with E-state index in [2.05, 4.69) is 26.0 Å². The molecule has 0 saturated carbocycles. The molecule has 2 heteroatoms. The monoisotopic (exact) mass is 261 g/mol. The molecule has 1 atom stereocenters. The van der Waals surface area contributed by atoms with Gasteiger partial charge in [-0.1, -0.05) is 44.2 Å². The molecule has 0 radical (unpaired) electrons. The van der Waals surface area contributed by atoms with Gasteiger partial charge < -0.3 is 5.73 Å². The Balaban J connectivity index is 2.27. The van der Waals surface area contributed by atoms with E-state index in [9.17, 15) is 4.79 Å². The van der Waals surface area contributed by atoms with Crippen LogP contribution in [0.25, 0.3) is 0 Å². The Morgan fingerprint density at radius 2 is 1.79 bits per heavy atom. The van der Waals surface area contributed by atoms with Gasteiger partial charge in [0.1, 0.15) is 5.78 Å². The van der Waals surface area contributed by atoms with Gasteiger partial charge in [-0.2, -0.15) is 0 Å². The highest BCUT2D eigenvalue weighted by molar-refractivity contribution is 5.78. The van der Waals surface area contributed by atoms with Gasteiger partial charge in [0, 0.05) is 12.8 Å². The number of hydrogen-bond donors (Lipinski definition) is 1. The van der Waals surface area contributed by atoms with Crippen molar-refractivity contribution in [1.82, 2.24) is 0 Å². The van der Waals surface area contributed by atoms with Gasteiger partial charge in [-0.05, 0) is 43.2 Å². The molecule has 0 spiro atoms. The number of rotatable bonds is 9. The second-order valence-electron chi connectivity index (χ2n) is 5.64. The second-order valence-corrected chi connectivity index (χ2v) is 5.64. The average Bonchev–Trinajstić information content (AvgIpc) is 2.42. The Hall–Kier alpha value is -1.15. The topological polar surface area (TPSA) is 43.1 Å². The molecule has 0 heterocycles. The van der Waals surface area contributed by atoms with Crippen molar-refractivity contribution in [1.29, 1.82) is 0 Å². The van der Waals surface area contributed by atoms with Crippen LogP contribution in [0.1, 0.15) is 45.1 Å². The number of carbonyl (C=O) groups is 1. The molecule has 0 bridgehead atoms. The van der Waals surface area contributed by atoms with E-state index in [-0.39, 0.29) is 0 Å². The van der Waals surface area contributed by atoms with Crippen LogP contribution >= 0.6 is 0 Å². The van der Waals surface area contributed by atoms with Crippen LogP contribution in [0, 0.1) is 11.8 Å². The van der Waals surface area contributed by atoms with Crippen LogP contribution in [0.5, 0.6) is 0 Å². The van der Waals surface area contributed by atoms with Crippen molar-refractivity contribution in [2.75, 3.05) is 6.54 Å². The number of hydrogen-bond acceptors (Lipinski definition) is 2. The van der Waals surface area contributed by atoms with Crippen LogP contribution < -0.4 is 5.73 Å². The van der Waals surface area contributed by atoms with E-state index in [0.29, 0.717) is 30.5 Å². The van der Waals surface area contributed by atoms with Gasteiger partial charge in [0.15, 0.2) is 0 Å². The highest BCUT2D eigenvalue weighted by atomic mass is 16.1. The van der Waals surface area contributed by atoms with Crippen LogP contribution in [-0.2, 0) is 11.2 Å². The molecule has 0 saturated heterocycles. The number of nitrogens with two attached hydrogens (primary N) is 1. The fraction of sp³-hybridized carbons (Fsp3) is 0.588. The predicted octanol–water partition coefficient (Wildman–Crippen LogP) is 3.59.